The van der Waals surface area contributed by atoms with E-state index in [9.17, 15) is 33.9 Å². The van der Waals surface area contributed by atoms with Crippen molar-refractivity contribution in [1.82, 2.24) is 21.3 Å². The Bertz CT molecular complexity index is 967. The van der Waals surface area contributed by atoms with Gasteiger partial charge in [-0.1, -0.05) is 0 Å². The number of carbonyl (C=O) groups excluding carboxylic acids is 4. The fraction of sp³-hybridized carbons (Fsp3) is 0.708. The van der Waals surface area contributed by atoms with Crippen LogP contribution in [-0.4, -0.2) is 112 Å². The topological polar surface area (TPSA) is 328 Å². The molecule has 0 saturated carbocycles. The molecule has 18 nitrogen and oxygen atoms in total. The van der Waals surface area contributed by atoms with Crippen molar-refractivity contribution in [3.05, 3.63) is 0 Å². The van der Waals surface area contributed by atoms with Crippen molar-refractivity contribution in [3.63, 3.8) is 0 Å². The number of carboxylic acids is 2. The Hall–Kier alpha value is -3.68. The van der Waals surface area contributed by atoms with E-state index >= 15 is 0 Å². The third-order valence-corrected chi connectivity index (χ3v) is 6.67. The summed E-state index contributed by atoms with van der Waals surface area (Å²) in [4.78, 5) is 78.1. The molecule has 0 aliphatic heterocycles. The number of rotatable bonds is 23. The van der Waals surface area contributed by atoms with Gasteiger partial charge < -0.3 is 59.5 Å². The number of aliphatic hydroxyl groups is 1. The molecule has 0 aliphatic rings. The number of hydrogen-bond acceptors (Lipinski definition) is 11. The van der Waals surface area contributed by atoms with Crippen LogP contribution < -0.4 is 44.2 Å². The summed E-state index contributed by atoms with van der Waals surface area (Å²) in [6, 6.07) is -6.21. The summed E-state index contributed by atoms with van der Waals surface area (Å²) in [7, 11) is 0. The second-order valence-corrected chi connectivity index (χ2v) is 10.5. The second kappa shape index (κ2) is 21.9. The number of amides is 4. The van der Waals surface area contributed by atoms with Gasteiger partial charge in [-0.3, -0.25) is 33.8 Å². The van der Waals surface area contributed by atoms with Gasteiger partial charge in [0.15, 0.2) is 5.96 Å². The number of nitrogens with zero attached hydrogens (tertiary/aromatic N) is 1. The number of nitrogens with two attached hydrogens (primary N) is 4. The Morgan fingerprint density at radius 1 is 0.791 bits per heavy atom. The quantitative estimate of drug-likeness (QED) is 0.0221. The van der Waals surface area contributed by atoms with Gasteiger partial charge in [-0.15, -0.1) is 11.8 Å². The summed E-state index contributed by atoms with van der Waals surface area (Å²) < 4.78 is 0. The van der Waals surface area contributed by atoms with Gasteiger partial charge >= 0.3 is 11.9 Å². The van der Waals surface area contributed by atoms with Crippen LogP contribution in [0.5, 0.6) is 0 Å². The molecule has 0 spiro atoms. The van der Waals surface area contributed by atoms with Gasteiger partial charge in [0.2, 0.25) is 23.6 Å². The first-order chi connectivity index (χ1) is 20.2. The molecule has 15 N–H and O–H groups in total. The first-order valence-electron chi connectivity index (χ1n) is 13.6. The van der Waals surface area contributed by atoms with E-state index in [4.69, 9.17) is 33.1 Å². The minimum absolute atomic E-state index is 0.0126. The molecule has 5 unspecified atom stereocenters. The highest BCUT2D eigenvalue weighted by Crippen LogP contribution is 2.08. The van der Waals surface area contributed by atoms with E-state index in [0.29, 0.717) is 19.4 Å². The number of thioether (sulfide) groups is 1. The number of nitrogens with one attached hydrogen (secondary N) is 4. The number of carbonyl (C=O) groups is 6. The maximum Gasteiger partial charge on any atom is 0.325 e. The van der Waals surface area contributed by atoms with Crippen LogP contribution in [0.3, 0.4) is 0 Å². The van der Waals surface area contributed by atoms with Crippen LogP contribution in [0, 0.1) is 0 Å². The van der Waals surface area contributed by atoms with E-state index in [-0.39, 0.29) is 49.9 Å². The molecule has 0 aliphatic carbocycles. The zero-order valence-electron chi connectivity index (χ0n) is 24.1. The molecule has 0 radical (unpaired) electrons. The third-order valence-electron chi connectivity index (χ3n) is 5.89. The average molecular weight is 636 g/mol. The SMILES string of the molecule is CC(NC(=O)C(CCCCN)NC(=O)C(CCC(=O)O)NC(=O)C(CCCN=C(N)N)NC(=O)C(N)CSCO)C(=O)O. The fourth-order valence-corrected chi connectivity index (χ4v) is 4.04. The van der Waals surface area contributed by atoms with Crippen molar-refractivity contribution < 1.29 is 44.1 Å². The molecule has 0 bridgehead atoms. The van der Waals surface area contributed by atoms with E-state index in [1.807, 2.05) is 0 Å². The zero-order valence-corrected chi connectivity index (χ0v) is 24.9. The molecule has 0 saturated heterocycles. The van der Waals surface area contributed by atoms with E-state index in [2.05, 4.69) is 26.3 Å². The van der Waals surface area contributed by atoms with Crippen LogP contribution in [0.25, 0.3) is 0 Å². The molecule has 0 aromatic carbocycles. The van der Waals surface area contributed by atoms with Crippen LogP contribution in [0.2, 0.25) is 0 Å². The highest BCUT2D eigenvalue weighted by Gasteiger charge is 2.31. The Balaban J connectivity index is 5.91. The molecular formula is C24H45N9O9S. The molecular weight excluding hydrogens is 590 g/mol. The first kappa shape index (κ1) is 39.3. The largest absolute Gasteiger partial charge is 0.481 e. The summed E-state index contributed by atoms with van der Waals surface area (Å²) in [6.07, 6.45) is 0.357. The summed E-state index contributed by atoms with van der Waals surface area (Å²) in [5.41, 5.74) is 22.0. The summed E-state index contributed by atoms with van der Waals surface area (Å²) in [6.45, 7) is 1.67. The predicted molar refractivity (Wildman–Crippen MR) is 158 cm³/mol. The van der Waals surface area contributed by atoms with Crippen LogP contribution in [-0.2, 0) is 28.8 Å². The Labute approximate surface area is 253 Å². The summed E-state index contributed by atoms with van der Waals surface area (Å²) >= 11 is 0.991. The number of carboxylic acid groups (broad SMARTS) is 2. The van der Waals surface area contributed by atoms with Gasteiger partial charge in [-0.2, -0.15) is 0 Å². The number of hydrogen-bond donors (Lipinski definition) is 11. The molecule has 0 heterocycles. The first-order valence-corrected chi connectivity index (χ1v) is 14.7. The van der Waals surface area contributed by atoms with Crippen LogP contribution >= 0.6 is 11.8 Å². The number of aliphatic hydroxyl groups excluding tert-OH is 1. The molecule has 0 aromatic heterocycles. The minimum atomic E-state index is -1.44. The zero-order chi connectivity index (χ0) is 32.9. The van der Waals surface area contributed by atoms with Crippen molar-refractivity contribution in [1.29, 1.82) is 0 Å². The summed E-state index contributed by atoms with van der Waals surface area (Å²) in [5.74, 6) is -6.18. The molecule has 43 heavy (non-hydrogen) atoms. The lowest BCUT2D eigenvalue weighted by Gasteiger charge is -2.26. The van der Waals surface area contributed by atoms with Gasteiger partial charge in [-0.25, -0.2) is 0 Å². The van der Waals surface area contributed by atoms with E-state index in [1.54, 1.807) is 0 Å². The molecule has 19 heteroatoms. The van der Waals surface area contributed by atoms with Crippen molar-refractivity contribution in [3.8, 4) is 0 Å². The third kappa shape index (κ3) is 17.8. The maximum absolute atomic E-state index is 13.3. The number of unbranched alkanes of at least 4 members (excludes halogenated alkanes) is 1. The maximum atomic E-state index is 13.3. The lowest BCUT2D eigenvalue weighted by molar-refractivity contribution is -0.141. The van der Waals surface area contributed by atoms with Gasteiger partial charge in [0.1, 0.15) is 24.2 Å². The van der Waals surface area contributed by atoms with Gasteiger partial charge in [0.05, 0.1) is 12.0 Å². The lowest BCUT2D eigenvalue weighted by atomic mass is 10.0. The van der Waals surface area contributed by atoms with Gasteiger partial charge in [-0.05, 0) is 52.0 Å². The minimum Gasteiger partial charge on any atom is -0.481 e. The van der Waals surface area contributed by atoms with Gasteiger partial charge in [0.25, 0.3) is 0 Å². The molecule has 4 amide bonds. The van der Waals surface area contributed by atoms with Crippen molar-refractivity contribution in [2.24, 2.45) is 27.9 Å². The molecule has 0 aromatic rings. The number of aliphatic imine (C=N–C) groups is 1. The highest BCUT2D eigenvalue weighted by atomic mass is 32.2. The van der Waals surface area contributed by atoms with Crippen molar-refractivity contribution in [2.45, 2.75) is 82.1 Å². The lowest BCUT2D eigenvalue weighted by Crippen LogP contribution is -2.58. The fourth-order valence-electron chi connectivity index (χ4n) is 3.53. The van der Waals surface area contributed by atoms with E-state index in [0.717, 1.165) is 11.8 Å². The van der Waals surface area contributed by atoms with Crippen molar-refractivity contribution in [2.75, 3.05) is 24.8 Å². The molecule has 5 atom stereocenters. The molecule has 0 rings (SSSR count). The molecule has 246 valence electrons. The Kier molecular flexibility index (Phi) is 20.1. The Morgan fingerprint density at radius 3 is 1.79 bits per heavy atom. The van der Waals surface area contributed by atoms with Crippen LogP contribution in [0.4, 0.5) is 0 Å². The smallest absolute Gasteiger partial charge is 0.325 e. The van der Waals surface area contributed by atoms with Crippen molar-refractivity contribution >= 4 is 53.3 Å². The Morgan fingerprint density at radius 2 is 1.30 bits per heavy atom. The van der Waals surface area contributed by atoms with Crippen LogP contribution in [0.1, 0.15) is 51.9 Å². The van der Waals surface area contributed by atoms with E-state index < -0.39 is 72.2 Å². The van der Waals surface area contributed by atoms with E-state index in [1.165, 1.54) is 6.92 Å². The second-order valence-electron chi connectivity index (χ2n) is 9.52. The van der Waals surface area contributed by atoms with Crippen LogP contribution in [0.15, 0.2) is 4.99 Å². The summed E-state index contributed by atoms with van der Waals surface area (Å²) in [5, 5.41) is 36.9. The standard InChI is InChI=1S/C24H45N9O9S/c1-13(23(41)42)30-20(38)15(5-2-3-9-25)32-22(40)17(7-8-18(35)36)33-21(39)16(6-4-10-29-24(27)28)31-19(37)14(26)11-43-12-34/h13-17,34H,2-12,25-26H2,1H3,(H,30,38)(H,31,37)(H,32,40)(H,33,39)(H,35,36)(H,41,42)(H4,27,28,29). The molecule has 0 fully saturated rings. The van der Waals surface area contributed by atoms with Gasteiger partial charge in [0, 0.05) is 18.7 Å². The number of aliphatic carboxylic acids is 2. The average Bonchev–Trinajstić information content (AvgIpc) is 2.94. The predicted octanol–water partition coefficient (Wildman–Crippen LogP) is -3.91. The number of guanidine groups is 1. The highest BCUT2D eigenvalue weighted by molar-refractivity contribution is 7.99. The normalized spacial score (nSPS) is 14.2. The monoisotopic (exact) mass is 635 g/mol.